The molecule has 0 N–H and O–H groups in total. The van der Waals surface area contributed by atoms with Gasteiger partial charge in [-0.25, -0.2) is 4.98 Å². The molecular weight excluding hydrogens is 436 g/mol. The molecule has 0 aliphatic carbocycles. The molecule has 3 heterocycles. The van der Waals surface area contributed by atoms with Crippen molar-refractivity contribution in [3.05, 3.63) is 63.1 Å². The lowest BCUT2D eigenvalue weighted by Gasteiger charge is -2.13. The van der Waals surface area contributed by atoms with Crippen molar-refractivity contribution in [2.75, 3.05) is 6.61 Å². The molecule has 0 aliphatic rings. The van der Waals surface area contributed by atoms with Crippen molar-refractivity contribution in [3.63, 3.8) is 0 Å². The second-order valence-corrected chi connectivity index (χ2v) is 10.3. The minimum Gasteiger partial charge on any atom is -0.466 e. The van der Waals surface area contributed by atoms with Gasteiger partial charge in [0.1, 0.15) is 10.8 Å². The van der Waals surface area contributed by atoms with Crippen molar-refractivity contribution < 1.29 is 14.3 Å². The summed E-state index contributed by atoms with van der Waals surface area (Å²) in [5.74, 6) is -0.128. The third-order valence-electron chi connectivity index (χ3n) is 5.25. The van der Waals surface area contributed by atoms with E-state index in [1.807, 2.05) is 31.4 Å². The van der Waals surface area contributed by atoms with Crippen LogP contribution in [-0.2, 0) is 58.9 Å². The van der Waals surface area contributed by atoms with Gasteiger partial charge in [-0.05, 0) is 43.5 Å². The van der Waals surface area contributed by atoms with E-state index < -0.39 is 0 Å². The zero-order valence-electron chi connectivity index (χ0n) is 20.1. The van der Waals surface area contributed by atoms with E-state index in [1.54, 1.807) is 29.1 Å². The first-order chi connectivity index (χ1) is 15.6. The molecule has 3 aromatic heterocycles. The summed E-state index contributed by atoms with van der Waals surface area (Å²) in [6.45, 7) is 8.51. The average molecular weight is 469 g/mol. The van der Waals surface area contributed by atoms with Crippen LogP contribution in [0.3, 0.4) is 0 Å². The monoisotopic (exact) mass is 468 g/mol. The van der Waals surface area contributed by atoms with Gasteiger partial charge in [0.15, 0.2) is 0 Å². The number of thiazole rings is 1. The highest BCUT2D eigenvalue weighted by molar-refractivity contribution is 7.11. The number of ketones is 1. The Labute approximate surface area is 199 Å². The second kappa shape index (κ2) is 10.8. The van der Waals surface area contributed by atoms with Crippen LogP contribution < -0.4 is 0 Å². The fraction of sp³-hybridized carbons (Fsp3) is 0.480. The number of hydrogen-bond donors (Lipinski definition) is 0. The Bertz CT molecular complexity index is 1110. The molecule has 0 unspecified atom stereocenters. The van der Waals surface area contributed by atoms with Crippen LogP contribution >= 0.6 is 11.3 Å². The first-order valence-corrected chi connectivity index (χ1v) is 12.0. The number of hydrogen-bond acceptors (Lipinski definition) is 7. The highest BCUT2D eigenvalue weighted by Gasteiger charge is 2.20. The Balaban J connectivity index is 1.53. The molecule has 33 heavy (non-hydrogen) atoms. The predicted molar refractivity (Wildman–Crippen MR) is 128 cm³/mol. The lowest BCUT2D eigenvalue weighted by molar-refractivity contribution is -0.142. The quantitative estimate of drug-likeness (QED) is 0.421. The highest BCUT2D eigenvalue weighted by Crippen LogP contribution is 2.22. The summed E-state index contributed by atoms with van der Waals surface area (Å²) in [6.07, 6.45) is 6.10. The van der Waals surface area contributed by atoms with E-state index in [0.717, 1.165) is 39.7 Å². The molecule has 3 aromatic rings. The SMILES string of the molecule is CCOC(=O)Cc1cc(CCc2cnc(CC(=O)Cc3cc(C(C)(C)C)nn3C)s2)ccn1. The Kier molecular flexibility index (Phi) is 8.13. The van der Waals surface area contributed by atoms with Crippen LogP contribution in [0.15, 0.2) is 30.6 Å². The molecule has 7 nitrogen and oxygen atoms in total. The lowest BCUT2D eigenvalue weighted by Crippen LogP contribution is -2.12. The van der Waals surface area contributed by atoms with Crippen molar-refractivity contribution in [2.24, 2.45) is 7.05 Å². The minimum atomic E-state index is -0.264. The number of nitrogens with zero attached hydrogens (tertiary/aromatic N) is 4. The van der Waals surface area contributed by atoms with Gasteiger partial charge >= 0.3 is 5.97 Å². The van der Waals surface area contributed by atoms with Gasteiger partial charge in [0, 0.05) is 41.8 Å². The van der Waals surface area contributed by atoms with Crippen LogP contribution in [0.4, 0.5) is 0 Å². The molecule has 0 atom stereocenters. The lowest BCUT2D eigenvalue weighted by atomic mass is 9.92. The number of carbonyl (C=O) groups excluding carboxylic acids is 2. The van der Waals surface area contributed by atoms with Crippen LogP contribution in [0.2, 0.25) is 0 Å². The summed E-state index contributed by atoms with van der Waals surface area (Å²) in [5.41, 5.74) is 3.70. The summed E-state index contributed by atoms with van der Waals surface area (Å²) >= 11 is 1.58. The van der Waals surface area contributed by atoms with Crippen molar-refractivity contribution in [1.82, 2.24) is 19.7 Å². The van der Waals surface area contributed by atoms with Crippen molar-refractivity contribution in [3.8, 4) is 0 Å². The molecule has 0 aliphatic heterocycles. The number of rotatable bonds is 10. The largest absolute Gasteiger partial charge is 0.466 e. The van der Waals surface area contributed by atoms with Gasteiger partial charge < -0.3 is 4.74 Å². The van der Waals surface area contributed by atoms with E-state index in [9.17, 15) is 9.59 Å². The van der Waals surface area contributed by atoms with Gasteiger partial charge in [-0.1, -0.05) is 20.8 Å². The minimum absolute atomic E-state index is 0.0440. The van der Waals surface area contributed by atoms with E-state index in [0.29, 0.717) is 25.1 Å². The topological polar surface area (TPSA) is 87.0 Å². The summed E-state index contributed by atoms with van der Waals surface area (Å²) in [5, 5.41) is 5.39. The van der Waals surface area contributed by atoms with Crippen LogP contribution in [0.1, 0.15) is 60.2 Å². The summed E-state index contributed by atoms with van der Waals surface area (Å²) in [6, 6.07) is 5.93. The van der Waals surface area contributed by atoms with E-state index in [-0.39, 0.29) is 23.6 Å². The number of aryl methyl sites for hydroxylation is 3. The smallest absolute Gasteiger partial charge is 0.311 e. The van der Waals surface area contributed by atoms with Crippen LogP contribution in [0.25, 0.3) is 0 Å². The Hall–Kier alpha value is -2.87. The molecule has 0 saturated carbocycles. The number of esters is 1. The fourth-order valence-electron chi connectivity index (χ4n) is 3.42. The van der Waals surface area contributed by atoms with E-state index >= 15 is 0 Å². The van der Waals surface area contributed by atoms with Gasteiger partial charge in [-0.3, -0.25) is 19.3 Å². The van der Waals surface area contributed by atoms with E-state index in [4.69, 9.17) is 4.74 Å². The number of ether oxygens (including phenoxy) is 1. The Morgan fingerprint density at radius 2 is 1.88 bits per heavy atom. The number of Topliss-reactive ketones (excluding diaryl/α,β-unsaturated/α-hetero) is 1. The molecule has 0 radical (unpaired) electrons. The maximum absolute atomic E-state index is 12.6. The molecule has 0 aromatic carbocycles. The summed E-state index contributed by atoms with van der Waals surface area (Å²) in [7, 11) is 1.89. The second-order valence-electron chi connectivity index (χ2n) is 9.14. The van der Waals surface area contributed by atoms with Gasteiger partial charge in [-0.2, -0.15) is 5.10 Å². The normalized spacial score (nSPS) is 11.5. The molecule has 0 amide bonds. The zero-order valence-corrected chi connectivity index (χ0v) is 20.9. The molecule has 0 saturated heterocycles. The van der Waals surface area contributed by atoms with Gasteiger partial charge in [0.05, 0.1) is 30.8 Å². The third kappa shape index (κ3) is 7.32. The standard InChI is InChI=1S/C25H32N4O3S/c1-6-32-24(31)12-18-11-17(9-10-26-18)7-8-21-16-27-23(33-21)15-20(30)13-19-14-22(25(2,3)4)28-29(19)5/h9-11,14,16H,6-8,12-13,15H2,1-5H3. The Morgan fingerprint density at radius 1 is 1.09 bits per heavy atom. The van der Waals surface area contributed by atoms with Crippen LogP contribution in [-0.4, -0.2) is 38.1 Å². The molecule has 0 spiro atoms. The summed E-state index contributed by atoms with van der Waals surface area (Å²) < 4.78 is 6.79. The number of pyridine rings is 1. The highest BCUT2D eigenvalue weighted by atomic mass is 32.1. The fourth-order valence-corrected chi connectivity index (χ4v) is 4.37. The van der Waals surface area contributed by atoms with E-state index in [1.165, 1.54) is 0 Å². The molecule has 8 heteroatoms. The van der Waals surface area contributed by atoms with Crippen molar-refractivity contribution in [2.45, 2.75) is 65.2 Å². The first kappa shape index (κ1) is 24.8. The van der Waals surface area contributed by atoms with Crippen LogP contribution in [0.5, 0.6) is 0 Å². The average Bonchev–Trinajstić information content (AvgIpc) is 3.33. The Morgan fingerprint density at radius 3 is 2.58 bits per heavy atom. The molecular formula is C25H32N4O3S. The van der Waals surface area contributed by atoms with Crippen molar-refractivity contribution >= 4 is 23.1 Å². The number of aromatic nitrogens is 4. The van der Waals surface area contributed by atoms with Gasteiger partial charge in [0.2, 0.25) is 0 Å². The molecule has 3 rings (SSSR count). The predicted octanol–water partition coefficient (Wildman–Crippen LogP) is 3.81. The molecule has 176 valence electrons. The van der Waals surface area contributed by atoms with Gasteiger partial charge in [-0.15, -0.1) is 11.3 Å². The molecule has 0 fully saturated rings. The summed E-state index contributed by atoms with van der Waals surface area (Å²) in [4.78, 5) is 34.2. The van der Waals surface area contributed by atoms with E-state index in [2.05, 4.69) is 35.8 Å². The van der Waals surface area contributed by atoms with Crippen molar-refractivity contribution in [1.29, 1.82) is 0 Å². The van der Waals surface area contributed by atoms with Gasteiger partial charge in [0.25, 0.3) is 0 Å². The zero-order chi connectivity index (χ0) is 24.0. The maximum atomic E-state index is 12.6. The molecule has 0 bridgehead atoms. The van der Waals surface area contributed by atoms with Crippen LogP contribution in [0, 0.1) is 0 Å². The maximum Gasteiger partial charge on any atom is 0.311 e. The first-order valence-electron chi connectivity index (χ1n) is 11.2. The third-order valence-corrected chi connectivity index (χ3v) is 6.30. The number of carbonyl (C=O) groups is 2.